The lowest BCUT2D eigenvalue weighted by Gasteiger charge is -2.20. The Morgan fingerprint density at radius 3 is 2.90 bits per heavy atom. The van der Waals surface area contributed by atoms with E-state index in [9.17, 15) is 4.79 Å². The van der Waals surface area contributed by atoms with Crippen LogP contribution in [-0.2, 0) is 19.3 Å². The minimum Gasteiger partial charge on any atom is -0.366 e. The van der Waals surface area contributed by atoms with Gasteiger partial charge in [0.15, 0.2) is 11.5 Å². The van der Waals surface area contributed by atoms with Crippen molar-refractivity contribution in [3.05, 3.63) is 47.3 Å². The molecule has 0 bridgehead atoms. The van der Waals surface area contributed by atoms with Crippen LogP contribution in [0.3, 0.4) is 0 Å². The van der Waals surface area contributed by atoms with Crippen LogP contribution in [0, 0.1) is 5.41 Å². The van der Waals surface area contributed by atoms with Crippen molar-refractivity contribution >= 4 is 23.6 Å². The first-order chi connectivity index (χ1) is 14.1. The van der Waals surface area contributed by atoms with E-state index in [1.165, 1.54) is 6.21 Å². The van der Waals surface area contributed by atoms with E-state index in [1.54, 1.807) is 29.2 Å². The Bertz CT molecular complexity index is 1010. The van der Waals surface area contributed by atoms with E-state index < -0.39 is 5.91 Å². The van der Waals surface area contributed by atoms with Gasteiger partial charge in [-0.05, 0) is 24.8 Å². The normalized spacial score (nSPS) is 12.1. The lowest BCUT2D eigenvalue weighted by atomic mass is 10.0. The third-order valence-corrected chi connectivity index (χ3v) is 4.69. The number of hydrogen-bond acceptors (Lipinski definition) is 7. The van der Waals surface area contributed by atoms with Crippen molar-refractivity contribution in [1.82, 2.24) is 24.6 Å². The smallest absolute Gasteiger partial charge is 0.252 e. The van der Waals surface area contributed by atoms with Gasteiger partial charge in [0.2, 0.25) is 0 Å². The predicted octanol–water partition coefficient (Wildman–Crippen LogP) is 2.20. The SMILES string of the molecule is CCCc1c(CC(CC=N)Nc2ncccc2C(N)=O)ncn2nc(CC)nc12. The quantitative estimate of drug-likeness (QED) is 0.451. The standard InChI is InChI=1S/C20H26N8O/c1-3-6-14-16(24-12-28-20(14)26-17(4-2)27-28)11-13(8-9-21)25-19-15(18(22)29)7-5-10-23-19/h5,7,9-10,12-13,21H,3-4,6,8,11H2,1-2H3,(H2,22,29)(H,23,25). The van der Waals surface area contributed by atoms with E-state index in [0.717, 1.165) is 42.0 Å². The summed E-state index contributed by atoms with van der Waals surface area (Å²) in [4.78, 5) is 25.2. The molecule has 4 N–H and O–H groups in total. The molecule has 3 heterocycles. The number of hydrogen-bond donors (Lipinski definition) is 3. The largest absolute Gasteiger partial charge is 0.366 e. The molecule has 0 radical (unpaired) electrons. The molecule has 0 spiro atoms. The van der Waals surface area contributed by atoms with Crippen molar-refractivity contribution in [3.8, 4) is 0 Å². The number of amides is 1. The van der Waals surface area contributed by atoms with E-state index >= 15 is 0 Å². The van der Waals surface area contributed by atoms with Gasteiger partial charge in [0.05, 0.1) is 11.3 Å². The summed E-state index contributed by atoms with van der Waals surface area (Å²) in [5.74, 6) is 0.659. The number of nitrogens with one attached hydrogen (secondary N) is 2. The summed E-state index contributed by atoms with van der Waals surface area (Å²) in [5.41, 5.74) is 8.59. The van der Waals surface area contributed by atoms with Gasteiger partial charge in [0.1, 0.15) is 12.1 Å². The van der Waals surface area contributed by atoms with Gasteiger partial charge in [0, 0.05) is 37.1 Å². The zero-order chi connectivity index (χ0) is 20.8. The molecule has 3 aromatic rings. The number of aromatic nitrogens is 5. The molecule has 9 heteroatoms. The third kappa shape index (κ3) is 4.56. The molecule has 0 saturated heterocycles. The van der Waals surface area contributed by atoms with Crippen molar-refractivity contribution in [2.24, 2.45) is 5.73 Å². The number of fused-ring (bicyclic) bond motifs is 1. The summed E-state index contributed by atoms with van der Waals surface area (Å²) < 4.78 is 1.73. The Balaban J connectivity index is 1.94. The fourth-order valence-corrected chi connectivity index (χ4v) is 3.30. The molecule has 1 atom stereocenters. The van der Waals surface area contributed by atoms with E-state index in [0.29, 0.717) is 24.2 Å². The highest BCUT2D eigenvalue weighted by Gasteiger charge is 2.19. The summed E-state index contributed by atoms with van der Waals surface area (Å²) in [6.07, 6.45) is 8.20. The van der Waals surface area contributed by atoms with E-state index in [1.807, 2.05) is 6.92 Å². The molecule has 1 amide bonds. The molecule has 152 valence electrons. The Morgan fingerprint density at radius 1 is 1.38 bits per heavy atom. The van der Waals surface area contributed by atoms with Gasteiger partial charge in [-0.1, -0.05) is 20.3 Å². The number of pyridine rings is 1. The Labute approximate surface area is 169 Å². The Hall–Kier alpha value is -3.36. The van der Waals surface area contributed by atoms with Crippen LogP contribution in [0.25, 0.3) is 5.65 Å². The average molecular weight is 394 g/mol. The molecule has 9 nitrogen and oxygen atoms in total. The summed E-state index contributed by atoms with van der Waals surface area (Å²) in [5, 5.41) is 15.3. The highest BCUT2D eigenvalue weighted by Crippen LogP contribution is 2.20. The lowest BCUT2D eigenvalue weighted by molar-refractivity contribution is 0.100. The van der Waals surface area contributed by atoms with Crippen LogP contribution in [0.1, 0.15) is 54.1 Å². The number of rotatable bonds is 10. The van der Waals surface area contributed by atoms with Gasteiger partial charge in [0.25, 0.3) is 5.91 Å². The monoisotopic (exact) mass is 394 g/mol. The zero-order valence-electron chi connectivity index (χ0n) is 16.7. The highest BCUT2D eigenvalue weighted by molar-refractivity contribution is 5.97. The van der Waals surface area contributed by atoms with E-state index in [4.69, 9.17) is 11.1 Å². The number of carbonyl (C=O) groups excluding carboxylic acids is 1. The molecule has 0 aromatic carbocycles. The fourth-order valence-electron chi connectivity index (χ4n) is 3.30. The van der Waals surface area contributed by atoms with Gasteiger partial charge in [-0.2, -0.15) is 0 Å². The zero-order valence-corrected chi connectivity index (χ0v) is 16.7. The maximum absolute atomic E-state index is 11.7. The van der Waals surface area contributed by atoms with Crippen LogP contribution in [0.5, 0.6) is 0 Å². The van der Waals surface area contributed by atoms with Gasteiger partial charge in [-0.25, -0.2) is 19.5 Å². The summed E-state index contributed by atoms with van der Waals surface area (Å²) >= 11 is 0. The summed E-state index contributed by atoms with van der Waals surface area (Å²) in [7, 11) is 0. The number of nitrogens with two attached hydrogens (primary N) is 1. The lowest BCUT2D eigenvalue weighted by Crippen LogP contribution is -2.27. The number of nitrogens with zero attached hydrogens (tertiary/aromatic N) is 5. The second kappa shape index (κ2) is 9.22. The average Bonchev–Trinajstić information content (AvgIpc) is 3.14. The van der Waals surface area contributed by atoms with Crippen molar-refractivity contribution in [1.29, 1.82) is 5.41 Å². The van der Waals surface area contributed by atoms with E-state index in [-0.39, 0.29) is 6.04 Å². The first-order valence-electron chi connectivity index (χ1n) is 9.79. The first kappa shape index (κ1) is 20.4. The molecule has 0 fully saturated rings. The molecule has 3 aromatic heterocycles. The predicted molar refractivity (Wildman–Crippen MR) is 111 cm³/mol. The van der Waals surface area contributed by atoms with Crippen molar-refractivity contribution < 1.29 is 4.79 Å². The fraction of sp³-hybridized carbons (Fsp3) is 0.400. The Kier molecular flexibility index (Phi) is 6.48. The van der Waals surface area contributed by atoms with Gasteiger partial charge in [-0.15, -0.1) is 5.10 Å². The van der Waals surface area contributed by atoms with Crippen molar-refractivity contribution in [2.75, 3.05) is 5.32 Å². The minimum atomic E-state index is -0.545. The van der Waals surface area contributed by atoms with Crippen LogP contribution in [0.4, 0.5) is 5.82 Å². The van der Waals surface area contributed by atoms with Crippen LogP contribution in [-0.4, -0.2) is 42.7 Å². The summed E-state index contributed by atoms with van der Waals surface area (Å²) in [6.45, 7) is 4.14. The molecular weight excluding hydrogens is 368 g/mol. The number of anilines is 1. The topological polar surface area (TPSA) is 135 Å². The minimum absolute atomic E-state index is 0.167. The maximum atomic E-state index is 11.7. The molecule has 3 rings (SSSR count). The van der Waals surface area contributed by atoms with Crippen molar-refractivity contribution in [3.63, 3.8) is 0 Å². The number of aryl methyl sites for hydroxylation is 2. The third-order valence-electron chi connectivity index (χ3n) is 4.69. The molecule has 29 heavy (non-hydrogen) atoms. The maximum Gasteiger partial charge on any atom is 0.252 e. The first-order valence-corrected chi connectivity index (χ1v) is 9.79. The van der Waals surface area contributed by atoms with Crippen molar-refractivity contribution in [2.45, 2.75) is 52.0 Å². The van der Waals surface area contributed by atoms with Crippen LogP contribution in [0.2, 0.25) is 0 Å². The van der Waals surface area contributed by atoms with Gasteiger partial charge < -0.3 is 16.5 Å². The second-order valence-corrected chi connectivity index (χ2v) is 6.82. The van der Waals surface area contributed by atoms with Crippen LogP contribution >= 0.6 is 0 Å². The highest BCUT2D eigenvalue weighted by atomic mass is 16.1. The van der Waals surface area contributed by atoms with Crippen LogP contribution in [0.15, 0.2) is 24.7 Å². The second-order valence-electron chi connectivity index (χ2n) is 6.82. The Morgan fingerprint density at radius 2 is 2.21 bits per heavy atom. The van der Waals surface area contributed by atoms with E-state index in [2.05, 4.69) is 32.3 Å². The molecule has 1 unspecified atom stereocenters. The van der Waals surface area contributed by atoms with Crippen LogP contribution < -0.4 is 11.1 Å². The molecule has 0 aliphatic carbocycles. The van der Waals surface area contributed by atoms with Gasteiger partial charge >= 0.3 is 0 Å². The molecule has 0 saturated carbocycles. The van der Waals surface area contributed by atoms with Gasteiger partial charge in [-0.3, -0.25) is 4.79 Å². The molecular formula is C20H26N8O. The molecule has 0 aliphatic rings. The number of carbonyl (C=O) groups is 1. The number of primary amides is 1. The molecule has 0 aliphatic heterocycles. The summed E-state index contributed by atoms with van der Waals surface area (Å²) in [6, 6.07) is 3.14.